The summed E-state index contributed by atoms with van der Waals surface area (Å²) >= 11 is 0. The summed E-state index contributed by atoms with van der Waals surface area (Å²) in [7, 11) is 0. The summed E-state index contributed by atoms with van der Waals surface area (Å²) in [6.45, 7) is 4.43. The Bertz CT molecular complexity index is 612. The van der Waals surface area contributed by atoms with Crippen molar-refractivity contribution in [2.75, 3.05) is 31.1 Å². The van der Waals surface area contributed by atoms with Crippen LogP contribution >= 0.6 is 0 Å². The maximum Gasteiger partial charge on any atom is 0.271 e. The molecule has 0 aromatic heterocycles. The molecule has 0 saturated carbocycles. The van der Waals surface area contributed by atoms with Gasteiger partial charge in [-0.3, -0.25) is 24.6 Å². The lowest BCUT2D eigenvalue weighted by Crippen LogP contribution is -2.46. The third-order valence-electron chi connectivity index (χ3n) is 3.51. The Balaban J connectivity index is 2.32. The van der Waals surface area contributed by atoms with Gasteiger partial charge in [-0.2, -0.15) is 0 Å². The number of rotatable bonds is 5. The number of amides is 2. The van der Waals surface area contributed by atoms with Gasteiger partial charge in [-0.1, -0.05) is 0 Å². The van der Waals surface area contributed by atoms with Crippen molar-refractivity contribution in [2.24, 2.45) is 0 Å². The smallest absolute Gasteiger partial charge is 0.271 e. The first-order valence-electron chi connectivity index (χ1n) is 6.97. The van der Waals surface area contributed by atoms with E-state index in [0.29, 0.717) is 18.8 Å². The van der Waals surface area contributed by atoms with Crippen LogP contribution in [0.4, 0.5) is 11.4 Å². The molecule has 22 heavy (non-hydrogen) atoms. The summed E-state index contributed by atoms with van der Waals surface area (Å²) in [4.78, 5) is 37.4. The molecule has 2 amide bonds. The number of nitro benzene ring substituents is 1. The van der Waals surface area contributed by atoms with E-state index in [1.807, 2.05) is 13.8 Å². The van der Waals surface area contributed by atoms with E-state index in [0.717, 1.165) is 0 Å². The highest BCUT2D eigenvalue weighted by molar-refractivity contribution is 6.02. The molecule has 0 saturated heterocycles. The summed E-state index contributed by atoms with van der Waals surface area (Å²) in [5.74, 6) is -0.247. The number of nitrogens with zero attached hydrogens (tertiary/aromatic N) is 3. The summed E-state index contributed by atoms with van der Waals surface area (Å²) in [6, 6.07) is 4.00. The van der Waals surface area contributed by atoms with Crippen LogP contribution in [-0.4, -0.2) is 47.9 Å². The number of non-ortho nitro benzene ring substituents is 1. The summed E-state index contributed by atoms with van der Waals surface area (Å²) in [6.07, 6.45) is 0. The van der Waals surface area contributed by atoms with Crippen molar-refractivity contribution in [1.29, 1.82) is 0 Å². The Morgan fingerprint density at radius 3 is 2.68 bits per heavy atom. The molecule has 2 rings (SSSR count). The minimum absolute atomic E-state index is 0.155. The van der Waals surface area contributed by atoms with Crippen molar-refractivity contribution in [3.8, 4) is 5.75 Å². The number of carbonyl (C=O) groups is 2. The predicted octanol–water partition coefficient (Wildman–Crippen LogP) is 1.19. The standard InChI is InChI=1S/C14H17N3O5/c1-3-15(4-2)13(18)8-16-11-7-10(17(20)21)5-6-12(11)22-9-14(16)19/h5-7H,3-4,8-9H2,1-2H3. The van der Waals surface area contributed by atoms with Crippen molar-refractivity contribution in [1.82, 2.24) is 4.90 Å². The molecule has 1 aliphatic heterocycles. The maximum absolute atomic E-state index is 12.2. The first-order valence-corrected chi connectivity index (χ1v) is 6.97. The Labute approximate surface area is 127 Å². The first kappa shape index (κ1) is 15.7. The molecule has 8 nitrogen and oxygen atoms in total. The lowest BCUT2D eigenvalue weighted by Gasteiger charge is -2.30. The molecule has 1 aliphatic rings. The number of nitro groups is 1. The molecule has 0 fully saturated rings. The molecular formula is C14H17N3O5. The zero-order valence-electron chi connectivity index (χ0n) is 12.4. The van der Waals surface area contributed by atoms with Crippen molar-refractivity contribution in [3.05, 3.63) is 28.3 Å². The fourth-order valence-corrected chi connectivity index (χ4v) is 2.29. The molecule has 0 spiro atoms. The number of carbonyl (C=O) groups excluding carboxylic acids is 2. The molecule has 0 atom stereocenters. The molecule has 0 bridgehead atoms. The lowest BCUT2D eigenvalue weighted by molar-refractivity contribution is -0.384. The lowest BCUT2D eigenvalue weighted by atomic mass is 10.2. The van der Waals surface area contributed by atoms with Gasteiger partial charge in [0.05, 0.1) is 10.6 Å². The van der Waals surface area contributed by atoms with E-state index in [-0.39, 0.29) is 30.4 Å². The van der Waals surface area contributed by atoms with Gasteiger partial charge in [-0.05, 0) is 19.9 Å². The van der Waals surface area contributed by atoms with Gasteiger partial charge < -0.3 is 9.64 Å². The van der Waals surface area contributed by atoms with Crippen LogP contribution in [0.15, 0.2) is 18.2 Å². The third-order valence-corrected chi connectivity index (χ3v) is 3.51. The molecule has 0 aliphatic carbocycles. The Morgan fingerprint density at radius 1 is 1.41 bits per heavy atom. The van der Waals surface area contributed by atoms with Crippen LogP contribution in [0, 0.1) is 10.1 Å². The predicted molar refractivity (Wildman–Crippen MR) is 78.9 cm³/mol. The SMILES string of the molecule is CCN(CC)C(=O)CN1C(=O)COc2ccc([N+](=O)[O-])cc21. The number of hydrogen-bond acceptors (Lipinski definition) is 5. The van der Waals surface area contributed by atoms with Gasteiger partial charge in [0.25, 0.3) is 11.6 Å². The van der Waals surface area contributed by atoms with Gasteiger partial charge in [0.15, 0.2) is 6.61 Å². The highest BCUT2D eigenvalue weighted by Gasteiger charge is 2.30. The Hall–Kier alpha value is -2.64. The average Bonchev–Trinajstić information content (AvgIpc) is 2.50. The van der Waals surface area contributed by atoms with Gasteiger partial charge >= 0.3 is 0 Å². The Kier molecular flexibility index (Phi) is 4.59. The minimum atomic E-state index is -0.552. The van der Waals surface area contributed by atoms with Crippen LogP contribution in [0.25, 0.3) is 0 Å². The van der Waals surface area contributed by atoms with Gasteiger partial charge in [-0.25, -0.2) is 0 Å². The summed E-state index contributed by atoms with van der Waals surface area (Å²) in [5, 5.41) is 10.9. The summed E-state index contributed by atoms with van der Waals surface area (Å²) in [5.41, 5.74) is 0.100. The monoisotopic (exact) mass is 307 g/mol. The maximum atomic E-state index is 12.2. The quantitative estimate of drug-likeness (QED) is 0.601. The second-order valence-corrected chi connectivity index (χ2v) is 4.74. The zero-order chi connectivity index (χ0) is 16.3. The molecule has 0 radical (unpaired) electrons. The fraction of sp³-hybridized carbons (Fsp3) is 0.429. The highest BCUT2D eigenvalue weighted by Crippen LogP contribution is 2.35. The topological polar surface area (TPSA) is 93.0 Å². The van der Waals surface area contributed by atoms with E-state index in [4.69, 9.17) is 4.74 Å². The third kappa shape index (κ3) is 3.00. The number of ether oxygens (including phenoxy) is 1. The van der Waals surface area contributed by atoms with Crippen molar-refractivity contribution >= 4 is 23.2 Å². The largest absolute Gasteiger partial charge is 0.482 e. The van der Waals surface area contributed by atoms with Crippen LogP contribution in [-0.2, 0) is 9.59 Å². The minimum Gasteiger partial charge on any atom is -0.482 e. The van der Waals surface area contributed by atoms with Crippen molar-refractivity contribution < 1.29 is 19.2 Å². The molecule has 8 heteroatoms. The van der Waals surface area contributed by atoms with Crippen molar-refractivity contribution in [2.45, 2.75) is 13.8 Å². The molecule has 1 heterocycles. The molecule has 1 aromatic carbocycles. The zero-order valence-corrected chi connectivity index (χ0v) is 12.4. The average molecular weight is 307 g/mol. The van der Waals surface area contributed by atoms with E-state index in [1.165, 1.54) is 23.1 Å². The molecule has 0 unspecified atom stereocenters. The van der Waals surface area contributed by atoms with Gasteiger partial charge in [0, 0.05) is 25.2 Å². The fourth-order valence-electron chi connectivity index (χ4n) is 2.29. The number of fused-ring (bicyclic) bond motifs is 1. The number of benzene rings is 1. The van der Waals surface area contributed by atoms with E-state index >= 15 is 0 Å². The first-order chi connectivity index (χ1) is 10.5. The Morgan fingerprint density at radius 2 is 2.09 bits per heavy atom. The number of hydrogen-bond donors (Lipinski definition) is 0. The second kappa shape index (κ2) is 6.42. The van der Waals surface area contributed by atoms with Gasteiger partial charge in [0.2, 0.25) is 5.91 Å². The molecular weight excluding hydrogens is 290 g/mol. The number of anilines is 1. The summed E-state index contributed by atoms with van der Waals surface area (Å²) < 4.78 is 5.26. The van der Waals surface area contributed by atoms with Crippen LogP contribution < -0.4 is 9.64 Å². The van der Waals surface area contributed by atoms with E-state index in [1.54, 1.807) is 4.90 Å². The van der Waals surface area contributed by atoms with Crippen LogP contribution in [0.3, 0.4) is 0 Å². The molecule has 1 aromatic rings. The second-order valence-electron chi connectivity index (χ2n) is 4.74. The van der Waals surface area contributed by atoms with Crippen molar-refractivity contribution in [3.63, 3.8) is 0 Å². The highest BCUT2D eigenvalue weighted by atomic mass is 16.6. The molecule has 0 N–H and O–H groups in total. The van der Waals surface area contributed by atoms with Crippen LogP contribution in [0.2, 0.25) is 0 Å². The van der Waals surface area contributed by atoms with E-state index in [2.05, 4.69) is 0 Å². The number of likely N-dealkylation sites (N-methyl/N-ethyl adjacent to an activating group) is 1. The van der Waals surface area contributed by atoms with Crippen LogP contribution in [0.5, 0.6) is 5.75 Å². The van der Waals surface area contributed by atoms with Gasteiger partial charge in [0.1, 0.15) is 12.3 Å². The van der Waals surface area contributed by atoms with Gasteiger partial charge in [-0.15, -0.1) is 0 Å². The van der Waals surface area contributed by atoms with E-state index < -0.39 is 10.8 Å². The van der Waals surface area contributed by atoms with E-state index in [9.17, 15) is 19.7 Å². The molecule has 118 valence electrons. The van der Waals surface area contributed by atoms with Crippen LogP contribution in [0.1, 0.15) is 13.8 Å². The normalized spacial score (nSPS) is 13.4.